The molecule has 0 saturated carbocycles. The van der Waals surface area contributed by atoms with Gasteiger partial charge in [-0.3, -0.25) is 4.99 Å². The molecule has 1 aliphatic rings. The highest BCUT2D eigenvalue weighted by atomic mass is 127. The molecule has 1 heterocycles. The van der Waals surface area contributed by atoms with E-state index in [1.165, 1.54) is 20.0 Å². The van der Waals surface area contributed by atoms with E-state index in [4.69, 9.17) is 9.47 Å². The number of piperidine rings is 1. The minimum absolute atomic E-state index is 0. The Kier molecular flexibility index (Phi) is 9.02. The highest BCUT2D eigenvalue weighted by Crippen LogP contribution is 2.21. The second kappa shape index (κ2) is 10.5. The number of rotatable bonds is 4. The van der Waals surface area contributed by atoms with Crippen LogP contribution in [0.15, 0.2) is 23.2 Å². The van der Waals surface area contributed by atoms with Gasteiger partial charge in [0, 0.05) is 26.7 Å². The van der Waals surface area contributed by atoms with E-state index in [0.29, 0.717) is 17.9 Å². The molecule has 7 heteroatoms. The third-order valence-corrected chi connectivity index (χ3v) is 4.41. The van der Waals surface area contributed by atoms with Gasteiger partial charge in [0.15, 0.2) is 5.96 Å². The van der Waals surface area contributed by atoms with E-state index < -0.39 is 5.97 Å². The molecule has 140 valence electrons. The first kappa shape index (κ1) is 21.5. The molecule has 6 nitrogen and oxygen atoms in total. The van der Waals surface area contributed by atoms with Crippen molar-refractivity contribution in [3.8, 4) is 5.75 Å². The van der Waals surface area contributed by atoms with E-state index in [1.807, 2.05) is 6.07 Å². The first-order valence-corrected chi connectivity index (χ1v) is 8.29. The van der Waals surface area contributed by atoms with E-state index >= 15 is 0 Å². The number of aliphatic imine (C=N–C) groups is 1. The molecule has 0 spiro atoms. The number of halogens is 1. The second-order valence-corrected chi connectivity index (χ2v) is 6.10. The molecular weight excluding hydrogens is 433 g/mol. The molecule has 25 heavy (non-hydrogen) atoms. The van der Waals surface area contributed by atoms with Crippen molar-refractivity contribution < 1.29 is 14.3 Å². The Balaban J connectivity index is 0.00000312. The summed E-state index contributed by atoms with van der Waals surface area (Å²) in [5.41, 5.74) is 1.41. The minimum Gasteiger partial charge on any atom is -0.496 e. The van der Waals surface area contributed by atoms with E-state index in [-0.39, 0.29) is 24.0 Å². The number of nitrogens with one attached hydrogen (secondary N) is 1. The topological polar surface area (TPSA) is 63.2 Å². The third-order valence-electron chi connectivity index (χ3n) is 4.41. The van der Waals surface area contributed by atoms with Crippen molar-refractivity contribution in [2.75, 3.05) is 34.4 Å². The fraction of sp³-hybridized carbons (Fsp3) is 0.556. The summed E-state index contributed by atoms with van der Waals surface area (Å²) in [5, 5.41) is 3.37. The lowest BCUT2D eigenvalue weighted by Crippen LogP contribution is -2.45. The van der Waals surface area contributed by atoms with Crippen LogP contribution in [0, 0.1) is 5.92 Å². The molecule has 0 bridgehead atoms. The predicted octanol–water partition coefficient (Wildman–Crippen LogP) is 2.91. The van der Waals surface area contributed by atoms with Gasteiger partial charge in [0.25, 0.3) is 0 Å². The summed E-state index contributed by atoms with van der Waals surface area (Å²) in [6.45, 7) is 4.93. The van der Waals surface area contributed by atoms with E-state index in [1.54, 1.807) is 26.3 Å². The van der Waals surface area contributed by atoms with Crippen molar-refractivity contribution in [1.82, 2.24) is 10.2 Å². The number of carbonyl (C=O) groups excluding carboxylic acids is 1. The molecule has 0 radical (unpaired) electrons. The van der Waals surface area contributed by atoms with E-state index in [9.17, 15) is 4.79 Å². The van der Waals surface area contributed by atoms with Crippen LogP contribution in [0.2, 0.25) is 0 Å². The predicted molar refractivity (Wildman–Crippen MR) is 110 cm³/mol. The van der Waals surface area contributed by atoms with Crippen molar-refractivity contribution in [3.63, 3.8) is 0 Å². The van der Waals surface area contributed by atoms with E-state index in [0.717, 1.165) is 30.5 Å². The lowest BCUT2D eigenvalue weighted by Gasteiger charge is -2.33. The summed E-state index contributed by atoms with van der Waals surface area (Å²) in [6, 6.07) is 5.52. The smallest absolute Gasteiger partial charge is 0.341 e. The van der Waals surface area contributed by atoms with Crippen molar-refractivity contribution in [2.24, 2.45) is 10.9 Å². The molecule has 0 unspecified atom stereocenters. The maximum absolute atomic E-state index is 11.9. The number of methoxy groups -OCH3 is 2. The monoisotopic (exact) mass is 461 g/mol. The number of carbonyl (C=O) groups is 1. The number of nitrogens with zero attached hydrogens (tertiary/aromatic N) is 2. The first-order chi connectivity index (χ1) is 11.6. The molecule has 0 amide bonds. The summed E-state index contributed by atoms with van der Waals surface area (Å²) >= 11 is 0. The fourth-order valence-corrected chi connectivity index (χ4v) is 2.87. The van der Waals surface area contributed by atoms with Gasteiger partial charge in [-0.1, -0.05) is 13.0 Å². The summed E-state index contributed by atoms with van der Waals surface area (Å²) in [4.78, 5) is 18.5. The SMILES string of the molecule is CN=C(NCc1ccc(OC)c(C(=O)OC)c1)N1CCC(C)CC1.I. The molecule has 1 saturated heterocycles. The largest absolute Gasteiger partial charge is 0.496 e. The fourth-order valence-electron chi connectivity index (χ4n) is 2.87. The molecule has 0 atom stereocenters. The van der Waals surface area contributed by atoms with Crippen LogP contribution in [0.4, 0.5) is 0 Å². The van der Waals surface area contributed by atoms with Crippen LogP contribution in [-0.4, -0.2) is 51.2 Å². The number of esters is 1. The first-order valence-electron chi connectivity index (χ1n) is 8.29. The minimum atomic E-state index is -0.400. The molecule has 0 aliphatic carbocycles. The van der Waals surface area contributed by atoms with Gasteiger partial charge in [-0.15, -0.1) is 24.0 Å². The van der Waals surface area contributed by atoms with Crippen molar-refractivity contribution >= 4 is 35.9 Å². The Morgan fingerprint density at radius 2 is 2.00 bits per heavy atom. The number of hydrogen-bond donors (Lipinski definition) is 1. The highest BCUT2D eigenvalue weighted by molar-refractivity contribution is 14.0. The zero-order valence-corrected chi connectivity index (χ0v) is 17.7. The Morgan fingerprint density at radius 3 is 2.56 bits per heavy atom. The summed E-state index contributed by atoms with van der Waals surface area (Å²) in [6.07, 6.45) is 2.38. The average Bonchev–Trinajstić information content (AvgIpc) is 2.62. The van der Waals surface area contributed by atoms with Gasteiger partial charge in [-0.25, -0.2) is 4.79 Å². The molecule has 1 aromatic carbocycles. The Labute approximate surface area is 167 Å². The van der Waals surface area contributed by atoms with Crippen molar-refractivity contribution in [2.45, 2.75) is 26.3 Å². The Morgan fingerprint density at radius 1 is 1.32 bits per heavy atom. The number of benzene rings is 1. The van der Waals surface area contributed by atoms with E-state index in [2.05, 4.69) is 22.1 Å². The maximum atomic E-state index is 11.9. The lowest BCUT2D eigenvalue weighted by molar-refractivity contribution is 0.0597. The lowest BCUT2D eigenvalue weighted by atomic mass is 9.99. The van der Waals surface area contributed by atoms with Crippen LogP contribution in [-0.2, 0) is 11.3 Å². The van der Waals surface area contributed by atoms with Crippen LogP contribution in [0.1, 0.15) is 35.7 Å². The molecule has 1 fully saturated rings. The molecular formula is C18H28IN3O3. The van der Waals surface area contributed by atoms with Gasteiger partial charge in [0.05, 0.1) is 14.2 Å². The summed E-state index contributed by atoms with van der Waals surface area (Å²) < 4.78 is 10.0. The number of guanidine groups is 1. The standard InChI is InChI=1S/C18H27N3O3.HI/c1-13-7-9-21(10-8-13)18(19-2)20-12-14-5-6-16(23-3)15(11-14)17(22)24-4;/h5-6,11,13H,7-10,12H2,1-4H3,(H,19,20);1H. The summed E-state index contributed by atoms with van der Waals surface area (Å²) in [5.74, 6) is 1.80. The molecule has 2 rings (SSSR count). The average molecular weight is 461 g/mol. The molecule has 1 aliphatic heterocycles. The van der Waals surface area contributed by atoms with Gasteiger partial charge < -0.3 is 19.7 Å². The zero-order chi connectivity index (χ0) is 17.5. The van der Waals surface area contributed by atoms with Gasteiger partial charge >= 0.3 is 5.97 Å². The normalized spacial score (nSPS) is 15.4. The van der Waals surface area contributed by atoms with Gasteiger partial charge in [-0.2, -0.15) is 0 Å². The number of hydrogen-bond acceptors (Lipinski definition) is 4. The van der Waals surface area contributed by atoms with Gasteiger partial charge in [0.1, 0.15) is 11.3 Å². The van der Waals surface area contributed by atoms with Crippen LogP contribution >= 0.6 is 24.0 Å². The highest BCUT2D eigenvalue weighted by Gasteiger charge is 2.19. The maximum Gasteiger partial charge on any atom is 0.341 e. The van der Waals surface area contributed by atoms with Crippen LogP contribution in [0.3, 0.4) is 0 Å². The Hall–Kier alpha value is -1.51. The Bertz CT molecular complexity index is 599. The van der Waals surface area contributed by atoms with Gasteiger partial charge in [-0.05, 0) is 36.5 Å². The number of likely N-dealkylation sites (tertiary alicyclic amines) is 1. The van der Waals surface area contributed by atoms with Crippen LogP contribution in [0.25, 0.3) is 0 Å². The van der Waals surface area contributed by atoms with Crippen LogP contribution in [0.5, 0.6) is 5.75 Å². The van der Waals surface area contributed by atoms with Crippen LogP contribution < -0.4 is 10.1 Å². The zero-order valence-electron chi connectivity index (χ0n) is 15.4. The number of ether oxygens (including phenoxy) is 2. The molecule has 1 aromatic rings. The second-order valence-electron chi connectivity index (χ2n) is 6.10. The van der Waals surface area contributed by atoms with Crippen molar-refractivity contribution in [1.29, 1.82) is 0 Å². The molecule has 1 N–H and O–H groups in total. The quantitative estimate of drug-likeness (QED) is 0.324. The van der Waals surface area contributed by atoms with Gasteiger partial charge in [0.2, 0.25) is 0 Å². The summed E-state index contributed by atoms with van der Waals surface area (Å²) in [7, 11) is 4.71. The third kappa shape index (κ3) is 5.76. The molecule has 0 aromatic heterocycles. The van der Waals surface area contributed by atoms with Crippen molar-refractivity contribution in [3.05, 3.63) is 29.3 Å².